The maximum Gasteiger partial charge on any atom is 0.296 e. The Labute approximate surface area is 174 Å². The van der Waals surface area contributed by atoms with E-state index in [1.165, 1.54) is 0 Å². The number of hydrogen-bond donors (Lipinski definition) is 1. The van der Waals surface area contributed by atoms with E-state index < -0.39 is 11.7 Å². The molecule has 0 spiro atoms. The number of aromatic nitrogens is 1. The standard InChI is InChI=1S/C23H23N3O4/c1-16-6-2-4-8-19(16)24-23(29)22(28)18-14-26(20-9-5-3-7-17(18)20)15-21(27)25-10-12-30-13-11-25/h2-9,14H,10-13,15H2,1H3,(H,24,29). The molecule has 0 radical (unpaired) electrons. The number of benzene rings is 2. The summed E-state index contributed by atoms with van der Waals surface area (Å²) in [4.78, 5) is 40.0. The third kappa shape index (κ3) is 3.97. The summed E-state index contributed by atoms with van der Waals surface area (Å²) in [5, 5.41) is 3.34. The summed E-state index contributed by atoms with van der Waals surface area (Å²) in [6.07, 6.45) is 1.60. The number of amides is 2. The second-order valence-electron chi connectivity index (χ2n) is 7.28. The van der Waals surface area contributed by atoms with Gasteiger partial charge < -0.3 is 19.5 Å². The highest BCUT2D eigenvalue weighted by molar-refractivity contribution is 6.48. The zero-order valence-corrected chi connectivity index (χ0v) is 16.8. The fraction of sp³-hybridized carbons (Fsp3) is 0.261. The summed E-state index contributed by atoms with van der Waals surface area (Å²) in [5.74, 6) is -1.37. The molecule has 154 valence electrons. The Morgan fingerprint density at radius 1 is 1.00 bits per heavy atom. The number of aryl methyl sites for hydroxylation is 1. The summed E-state index contributed by atoms with van der Waals surface area (Å²) in [7, 11) is 0. The van der Waals surface area contributed by atoms with E-state index in [0.29, 0.717) is 37.4 Å². The molecule has 2 amide bonds. The van der Waals surface area contributed by atoms with Crippen molar-refractivity contribution in [1.82, 2.24) is 9.47 Å². The number of morpholine rings is 1. The molecule has 2 heterocycles. The number of Topliss-reactive ketones (excluding diaryl/α,β-unsaturated/α-hetero) is 1. The van der Waals surface area contributed by atoms with E-state index in [0.717, 1.165) is 11.1 Å². The number of nitrogens with zero attached hydrogens (tertiary/aromatic N) is 2. The van der Waals surface area contributed by atoms with E-state index in [-0.39, 0.29) is 18.0 Å². The van der Waals surface area contributed by atoms with Crippen LogP contribution in [0.1, 0.15) is 15.9 Å². The number of carbonyl (C=O) groups excluding carboxylic acids is 3. The van der Waals surface area contributed by atoms with Crippen LogP contribution in [-0.2, 0) is 20.9 Å². The highest BCUT2D eigenvalue weighted by atomic mass is 16.5. The Bertz CT molecular complexity index is 1110. The van der Waals surface area contributed by atoms with Gasteiger partial charge in [-0.05, 0) is 24.6 Å². The molecule has 30 heavy (non-hydrogen) atoms. The molecule has 3 aromatic rings. The molecule has 1 fully saturated rings. The lowest BCUT2D eigenvalue weighted by molar-refractivity contribution is -0.135. The number of carbonyl (C=O) groups is 3. The van der Waals surface area contributed by atoms with Crippen molar-refractivity contribution >= 4 is 34.2 Å². The molecule has 1 aliphatic heterocycles. The SMILES string of the molecule is Cc1ccccc1NC(=O)C(=O)c1cn(CC(=O)N2CCOCC2)c2ccccc12. The van der Waals surface area contributed by atoms with Gasteiger partial charge in [-0.1, -0.05) is 36.4 Å². The molecule has 4 rings (SSSR count). The zero-order valence-electron chi connectivity index (χ0n) is 16.8. The first-order valence-electron chi connectivity index (χ1n) is 9.89. The lowest BCUT2D eigenvalue weighted by Gasteiger charge is -2.27. The lowest BCUT2D eigenvalue weighted by Crippen LogP contribution is -2.42. The quantitative estimate of drug-likeness (QED) is 0.523. The first kappa shape index (κ1) is 19.8. The molecular weight excluding hydrogens is 382 g/mol. The molecule has 1 aromatic heterocycles. The Morgan fingerprint density at radius 2 is 1.70 bits per heavy atom. The van der Waals surface area contributed by atoms with Gasteiger partial charge in [-0.3, -0.25) is 14.4 Å². The summed E-state index contributed by atoms with van der Waals surface area (Å²) in [5.41, 5.74) is 2.50. The van der Waals surface area contributed by atoms with Crippen molar-refractivity contribution < 1.29 is 19.1 Å². The zero-order chi connectivity index (χ0) is 21.1. The van der Waals surface area contributed by atoms with Gasteiger partial charge in [0, 0.05) is 35.9 Å². The molecule has 0 unspecified atom stereocenters. The highest BCUT2D eigenvalue weighted by Gasteiger charge is 2.24. The van der Waals surface area contributed by atoms with Gasteiger partial charge in [0.1, 0.15) is 6.54 Å². The van der Waals surface area contributed by atoms with Gasteiger partial charge in [-0.15, -0.1) is 0 Å². The van der Waals surface area contributed by atoms with Crippen LogP contribution in [0.15, 0.2) is 54.7 Å². The van der Waals surface area contributed by atoms with Gasteiger partial charge >= 0.3 is 0 Å². The van der Waals surface area contributed by atoms with Crippen molar-refractivity contribution in [3.8, 4) is 0 Å². The fourth-order valence-electron chi connectivity index (χ4n) is 3.63. The molecule has 0 saturated carbocycles. The smallest absolute Gasteiger partial charge is 0.296 e. The van der Waals surface area contributed by atoms with E-state index in [1.54, 1.807) is 33.9 Å². The normalized spacial score (nSPS) is 14.0. The van der Waals surface area contributed by atoms with E-state index in [1.807, 2.05) is 37.3 Å². The number of nitrogens with one attached hydrogen (secondary N) is 1. The minimum absolute atomic E-state index is 0.0394. The first-order chi connectivity index (χ1) is 14.5. The molecule has 1 N–H and O–H groups in total. The number of ether oxygens (including phenoxy) is 1. The monoisotopic (exact) mass is 405 g/mol. The second kappa shape index (κ2) is 8.51. The maximum absolute atomic E-state index is 12.9. The van der Waals surface area contributed by atoms with Crippen molar-refractivity contribution in [1.29, 1.82) is 0 Å². The highest BCUT2D eigenvalue weighted by Crippen LogP contribution is 2.23. The number of anilines is 1. The summed E-state index contributed by atoms with van der Waals surface area (Å²) in [6.45, 7) is 4.14. The molecule has 2 aromatic carbocycles. The Balaban J connectivity index is 1.59. The van der Waals surface area contributed by atoms with Crippen molar-refractivity contribution in [3.05, 3.63) is 65.9 Å². The molecule has 0 bridgehead atoms. The summed E-state index contributed by atoms with van der Waals surface area (Å²) < 4.78 is 7.04. The predicted octanol–water partition coefficient (Wildman–Crippen LogP) is 2.63. The van der Waals surface area contributed by atoms with Crippen molar-refractivity contribution in [2.45, 2.75) is 13.5 Å². The van der Waals surface area contributed by atoms with Gasteiger partial charge in [0.25, 0.3) is 11.7 Å². The Hall–Kier alpha value is -3.45. The largest absolute Gasteiger partial charge is 0.378 e. The van der Waals surface area contributed by atoms with Crippen LogP contribution in [-0.4, -0.2) is 53.4 Å². The topological polar surface area (TPSA) is 80.6 Å². The van der Waals surface area contributed by atoms with Gasteiger partial charge in [0.2, 0.25) is 5.91 Å². The average Bonchev–Trinajstić information content (AvgIpc) is 3.14. The van der Waals surface area contributed by atoms with Gasteiger partial charge in [0.15, 0.2) is 0 Å². The maximum atomic E-state index is 12.9. The number of fused-ring (bicyclic) bond motifs is 1. The van der Waals surface area contributed by atoms with Crippen LogP contribution in [0.4, 0.5) is 5.69 Å². The third-order valence-corrected chi connectivity index (χ3v) is 5.30. The van der Waals surface area contributed by atoms with Crippen LogP contribution in [0.2, 0.25) is 0 Å². The Kier molecular flexibility index (Phi) is 5.63. The van der Waals surface area contributed by atoms with Crippen LogP contribution in [0, 0.1) is 6.92 Å². The van der Waals surface area contributed by atoms with Crippen molar-refractivity contribution in [2.24, 2.45) is 0 Å². The van der Waals surface area contributed by atoms with Gasteiger partial charge in [-0.25, -0.2) is 0 Å². The van der Waals surface area contributed by atoms with Crippen LogP contribution in [0.5, 0.6) is 0 Å². The first-order valence-corrected chi connectivity index (χ1v) is 9.89. The van der Waals surface area contributed by atoms with Crippen LogP contribution < -0.4 is 5.32 Å². The molecule has 7 nitrogen and oxygen atoms in total. The second-order valence-corrected chi connectivity index (χ2v) is 7.28. The Morgan fingerprint density at radius 3 is 2.47 bits per heavy atom. The van der Waals surface area contributed by atoms with Gasteiger partial charge in [-0.2, -0.15) is 0 Å². The molecule has 0 atom stereocenters. The predicted molar refractivity (Wildman–Crippen MR) is 113 cm³/mol. The van der Waals surface area contributed by atoms with E-state index in [2.05, 4.69) is 5.32 Å². The van der Waals surface area contributed by atoms with Crippen molar-refractivity contribution in [2.75, 3.05) is 31.6 Å². The van der Waals surface area contributed by atoms with E-state index >= 15 is 0 Å². The van der Waals surface area contributed by atoms with Crippen molar-refractivity contribution in [3.63, 3.8) is 0 Å². The minimum Gasteiger partial charge on any atom is -0.378 e. The number of para-hydroxylation sites is 2. The van der Waals surface area contributed by atoms with Crippen LogP contribution >= 0.6 is 0 Å². The van der Waals surface area contributed by atoms with Crippen LogP contribution in [0.3, 0.4) is 0 Å². The number of rotatable bonds is 5. The average molecular weight is 405 g/mol. The summed E-state index contributed by atoms with van der Waals surface area (Å²) >= 11 is 0. The molecular formula is C23H23N3O4. The van der Waals surface area contributed by atoms with Crippen LogP contribution in [0.25, 0.3) is 10.9 Å². The lowest BCUT2D eigenvalue weighted by atomic mass is 10.1. The van der Waals surface area contributed by atoms with Gasteiger partial charge in [0.05, 0.1) is 18.8 Å². The molecule has 7 heteroatoms. The molecule has 0 aliphatic carbocycles. The van der Waals surface area contributed by atoms with E-state index in [4.69, 9.17) is 4.74 Å². The minimum atomic E-state index is -0.702. The fourth-order valence-corrected chi connectivity index (χ4v) is 3.63. The molecule has 1 saturated heterocycles. The summed E-state index contributed by atoms with van der Waals surface area (Å²) in [6, 6.07) is 14.6. The molecule has 1 aliphatic rings. The number of ketones is 1. The van der Waals surface area contributed by atoms with E-state index in [9.17, 15) is 14.4 Å². The number of hydrogen-bond acceptors (Lipinski definition) is 4. The third-order valence-electron chi connectivity index (χ3n) is 5.30.